The van der Waals surface area contributed by atoms with E-state index in [9.17, 15) is 9.59 Å². The van der Waals surface area contributed by atoms with Gasteiger partial charge < -0.3 is 9.80 Å². The van der Waals surface area contributed by atoms with Crippen molar-refractivity contribution in [3.63, 3.8) is 0 Å². The molecule has 2 atom stereocenters. The maximum Gasteiger partial charge on any atom is 0.324 e. The lowest BCUT2D eigenvalue weighted by Gasteiger charge is -2.32. The van der Waals surface area contributed by atoms with Crippen LogP contribution in [0.2, 0.25) is 0 Å². The largest absolute Gasteiger partial charge is 0.324 e. The minimum absolute atomic E-state index is 0.0863. The van der Waals surface area contributed by atoms with E-state index in [0.717, 1.165) is 26.1 Å². The number of carbonyl (C=O) groups is 2. The van der Waals surface area contributed by atoms with E-state index in [0.29, 0.717) is 12.5 Å². The number of likely N-dealkylation sites (tertiary alicyclic amines) is 1. The monoisotopic (exact) mass is 225 g/mol. The number of nitrogens with zero attached hydrogens (tertiary/aromatic N) is 2. The highest BCUT2D eigenvalue weighted by molar-refractivity contribution is 5.97. The van der Waals surface area contributed by atoms with E-state index in [4.69, 9.17) is 0 Å². The van der Waals surface area contributed by atoms with Crippen molar-refractivity contribution in [2.24, 2.45) is 11.8 Å². The molecular weight excluding hydrogens is 206 g/mol. The molecular formula is C11H19N3O2. The van der Waals surface area contributed by atoms with E-state index >= 15 is 0 Å². The van der Waals surface area contributed by atoms with Gasteiger partial charge in [0, 0.05) is 19.6 Å². The minimum Gasteiger partial charge on any atom is -0.323 e. The molecule has 2 heterocycles. The van der Waals surface area contributed by atoms with Crippen molar-refractivity contribution < 1.29 is 9.59 Å². The van der Waals surface area contributed by atoms with Crippen LogP contribution in [0.4, 0.5) is 4.79 Å². The fraction of sp³-hybridized carbons (Fsp3) is 0.818. The zero-order valence-corrected chi connectivity index (χ0v) is 9.90. The maximum atomic E-state index is 11.6. The SMILES string of the molecule is CC1CN(CC2CCN(C)C2)C(=O)NC1=O. The number of carbonyl (C=O) groups excluding carboxylic acids is 2. The van der Waals surface area contributed by atoms with Gasteiger partial charge in [-0.2, -0.15) is 0 Å². The lowest BCUT2D eigenvalue weighted by atomic mass is 10.1. The first kappa shape index (κ1) is 11.4. The third kappa shape index (κ3) is 2.35. The highest BCUT2D eigenvalue weighted by atomic mass is 16.2. The minimum atomic E-state index is -0.224. The van der Waals surface area contributed by atoms with E-state index in [2.05, 4.69) is 17.3 Å². The van der Waals surface area contributed by atoms with Gasteiger partial charge >= 0.3 is 6.03 Å². The topological polar surface area (TPSA) is 52.6 Å². The van der Waals surface area contributed by atoms with Crippen LogP contribution in [0.1, 0.15) is 13.3 Å². The lowest BCUT2D eigenvalue weighted by molar-refractivity contribution is -0.125. The molecule has 2 aliphatic rings. The molecule has 0 aromatic rings. The number of nitrogens with one attached hydrogen (secondary N) is 1. The predicted molar refractivity (Wildman–Crippen MR) is 59.9 cm³/mol. The highest BCUT2D eigenvalue weighted by Gasteiger charge is 2.31. The highest BCUT2D eigenvalue weighted by Crippen LogP contribution is 2.17. The Hall–Kier alpha value is -1.10. The summed E-state index contributed by atoms with van der Waals surface area (Å²) in [6.45, 7) is 5.34. The van der Waals surface area contributed by atoms with Gasteiger partial charge in [0.25, 0.3) is 0 Å². The number of urea groups is 1. The van der Waals surface area contributed by atoms with Crippen molar-refractivity contribution in [2.45, 2.75) is 13.3 Å². The lowest BCUT2D eigenvalue weighted by Crippen LogP contribution is -2.54. The van der Waals surface area contributed by atoms with Crippen LogP contribution in [-0.4, -0.2) is 55.0 Å². The Labute approximate surface area is 95.8 Å². The van der Waals surface area contributed by atoms with Crippen LogP contribution in [0, 0.1) is 11.8 Å². The average molecular weight is 225 g/mol. The van der Waals surface area contributed by atoms with Gasteiger partial charge in [0.1, 0.15) is 0 Å². The van der Waals surface area contributed by atoms with Gasteiger partial charge in [0.2, 0.25) is 5.91 Å². The average Bonchev–Trinajstić information content (AvgIpc) is 2.60. The molecule has 0 spiro atoms. The summed E-state index contributed by atoms with van der Waals surface area (Å²) in [6, 6.07) is -0.224. The molecule has 5 nitrogen and oxygen atoms in total. The van der Waals surface area contributed by atoms with Crippen molar-refractivity contribution in [2.75, 3.05) is 33.2 Å². The quantitative estimate of drug-likeness (QED) is 0.726. The molecule has 0 radical (unpaired) electrons. The second-order valence-electron chi connectivity index (χ2n) is 5.02. The van der Waals surface area contributed by atoms with E-state index in [1.165, 1.54) is 0 Å². The van der Waals surface area contributed by atoms with Crippen LogP contribution < -0.4 is 5.32 Å². The normalized spacial score (nSPS) is 32.0. The van der Waals surface area contributed by atoms with Crippen molar-refractivity contribution >= 4 is 11.9 Å². The van der Waals surface area contributed by atoms with Crippen molar-refractivity contribution in [1.29, 1.82) is 0 Å². The van der Waals surface area contributed by atoms with Crippen molar-refractivity contribution in [3.05, 3.63) is 0 Å². The standard InChI is InChI=1S/C11H19N3O2/c1-8-5-14(11(16)12-10(8)15)7-9-3-4-13(2)6-9/h8-9H,3-7H2,1-2H3,(H,12,15,16). The fourth-order valence-corrected chi connectivity index (χ4v) is 2.45. The Kier molecular flexibility index (Phi) is 3.14. The van der Waals surface area contributed by atoms with Crippen molar-refractivity contribution in [1.82, 2.24) is 15.1 Å². The zero-order valence-electron chi connectivity index (χ0n) is 9.90. The fourth-order valence-electron chi connectivity index (χ4n) is 2.45. The summed E-state index contributed by atoms with van der Waals surface area (Å²) in [6.07, 6.45) is 1.14. The molecule has 0 aromatic carbocycles. The van der Waals surface area contributed by atoms with Gasteiger partial charge in [-0.25, -0.2) is 4.79 Å². The third-order valence-electron chi connectivity index (χ3n) is 3.43. The molecule has 0 bridgehead atoms. The molecule has 0 aromatic heterocycles. The first-order valence-corrected chi connectivity index (χ1v) is 5.84. The predicted octanol–water partition coefficient (Wildman–Crippen LogP) is 0.126. The van der Waals surface area contributed by atoms with Crippen LogP contribution in [0.3, 0.4) is 0 Å². The molecule has 90 valence electrons. The molecule has 2 saturated heterocycles. The third-order valence-corrected chi connectivity index (χ3v) is 3.43. The number of amides is 3. The Morgan fingerprint density at radius 3 is 2.75 bits per heavy atom. The molecule has 0 aliphatic carbocycles. The smallest absolute Gasteiger partial charge is 0.323 e. The second kappa shape index (κ2) is 4.41. The van der Waals surface area contributed by atoms with E-state index < -0.39 is 0 Å². The summed E-state index contributed by atoms with van der Waals surface area (Å²) in [4.78, 5) is 26.9. The van der Waals surface area contributed by atoms with Gasteiger partial charge in [-0.1, -0.05) is 6.92 Å². The molecule has 0 saturated carbocycles. The van der Waals surface area contributed by atoms with E-state index in [-0.39, 0.29) is 17.9 Å². The number of hydrogen-bond acceptors (Lipinski definition) is 3. The zero-order chi connectivity index (χ0) is 11.7. The van der Waals surface area contributed by atoms with E-state index in [1.54, 1.807) is 4.90 Å². The molecule has 2 unspecified atom stereocenters. The van der Waals surface area contributed by atoms with Crippen LogP contribution in [0.15, 0.2) is 0 Å². The first-order chi connectivity index (χ1) is 7.56. The molecule has 3 amide bonds. The van der Waals surface area contributed by atoms with Gasteiger partial charge in [-0.3, -0.25) is 10.1 Å². The van der Waals surface area contributed by atoms with Gasteiger partial charge in [-0.15, -0.1) is 0 Å². The Morgan fingerprint density at radius 1 is 1.38 bits per heavy atom. The van der Waals surface area contributed by atoms with Crippen LogP contribution in [0.25, 0.3) is 0 Å². The van der Waals surface area contributed by atoms with Gasteiger partial charge in [0.15, 0.2) is 0 Å². The molecule has 5 heteroatoms. The second-order valence-corrected chi connectivity index (χ2v) is 5.02. The molecule has 2 fully saturated rings. The van der Waals surface area contributed by atoms with E-state index in [1.807, 2.05) is 6.92 Å². The summed E-state index contributed by atoms with van der Waals surface area (Å²) < 4.78 is 0. The Balaban J connectivity index is 1.89. The van der Waals surface area contributed by atoms with Gasteiger partial charge in [-0.05, 0) is 25.9 Å². The molecule has 2 aliphatic heterocycles. The van der Waals surface area contributed by atoms with Crippen LogP contribution in [0.5, 0.6) is 0 Å². The summed E-state index contributed by atoms with van der Waals surface area (Å²) >= 11 is 0. The summed E-state index contributed by atoms with van der Waals surface area (Å²) in [5.74, 6) is 0.317. The number of rotatable bonds is 2. The van der Waals surface area contributed by atoms with Crippen molar-refractivity contribution in [3.8, 4) is 0 Å². The molecule has 1 N–H and O–H groups in total. The summed E-state index contributed by atoms with van der Waals surface area (Å²) in [5.41, 5.74) is 0. The summed E-state index contributed by atoms with van der Waals surface area (Å²) in [7, 11) is 2.10. The first-order valence-electron chi connectivity index (χ1n) is 5.84. The molecule has 2 rings (SSSR count). The van der Waals surface area contributed by atoms with Crippen LogP contribution in [-0.2, 0) is 4.79 Å². The maximum absolute atomic E-state index is 11.6. The molecule has 16 heavy (non-hydrogen) atoms. The number of hydrogen-bond donors (Lipinski definition) is 1. The Morgan fingerprint density at radius 2 is 2.12 bits per heavy atom. The number of imide groups is 1. The van der Waals surface area contributed by atoms with Crippen LogP contribution >= 0.6 is 0 Å². The van der Waals surface area contributed by atoms with Gasteiger partial charge in [0.05, 0.1) is 5.92 Å². The summed E-state index contributed by atoms with van der Waals surface area (Å²) in [5, 5.41) is 2.40. The Bertz CT molecular complexity index is 306.